The number of carbonyl (C=O) groups is 1. The minimum atomic E-state index is -0.0736. The zero-order valence-electron chi connectivity index (χ0n) is 20.6. The smallest absolute Gasteiger partial charge is 0.306 e. The largest absolute Gasteiger partial charge is 0.462 e. The SMILES string of the molecule is CN(C)CCCC(=O)OC(CCCCOC1CCCCO1)CCCCOC1CCCCO1. The van der Waals surface area contributed by atoms with Crippen LogP contribution in [-0.2, 0) is 28.5 Å². The molecule has 2 unspecified atom stereocenters. The molecule has 32 heavy (non-hydrogen) atoms. The maximum Gasteiger partial charge on any atom is 0.306 e. The lowest BCUT2D eigenvalue weighted by Gasteiger charge is -2.23. The maximum absolute atomic E-state index is 12.3. The van der Waals surface area contributed by atoms with Crippen LogP contribution >= 0.6 is 0 Å². The van der Waals surface area contributed by atoms with E-state index in [1.54, 1.807) is 0 Å². The third kappa shape index (κ3) is 13.7. The molecule has 2 atom stereocenters. The monoisotopic (exact) mass is 457 g/mol. The van der Waals surface area contributed by atoms with E-state index in [-0.39, 0.29) is 24.7 Å². The molecule has 2 aliphatic rings. The number of unbranched alkanes of at least 4 members (excludes halogenated alkanes) is 2. The molecular formula is C25H47NO6. The van der Waals surface area contributed by atoms with Gasteiger partial charge in [-0.15, -0.1) is 0 Å². The Morgan fingerprint density at radius 2 is 1.41 bits per heavy atom. The van der Waals surface area contributed by atoms with Gasteiger partial charge in [0.15, 0.2) is 12.6 Å². The number of ether oxygens (including phenoxy) is 5. The second-order valence-corrected chi connectivity index (χ2v) is 9.34. The van der Waals surface area contributed by atoms with Gasteiger partial charge in [0.25, 0.3) is 0 Å². The Balaban J connectivity index is 1.60. The van der Waals surface area contributed by atoms with Gasteiger partial charge >= 0.3 is 5.97 Å². The highest BCUT2D eigenvalue weighted by atomic mass is 16.7. The zero-order chi connectivity index (χ0) is 22.9. The molecule has 2 heterocycles. The Morgan fingerprint density at radius 3 is 1.88 bits per heavy atom. The fraction of sp³-hybridized carbons (Fsp3) is 0.960. The summed E-state index contributed by atoms with van der Waals surface area (Å²) in [6.45, 7) is 3.95. The topological polar surface area (TPSA) is 66.5 Å². The number of esters is 1. The number of nitrogens with zero attached hydrogens (tertiary/aromatic N) is 1. The Bertz CT molecular complexity index is 435. The fourth-order valence-electron chi connectivity index (χ4n) is 4.11. The van der Waals surface area contributed by atoms with Gasteiger partial charge in [0.05, 0.1) is 0 Å². The molecular weight excluding hydrogens is 410 g/mol. The van der Waals surface area contributed by atoms with Crippen molar-refractivity contribution in [3.05, 3.63) is 0 Å². The van der Waals surface area contributed by atoms with Gasteiger partial charge in [0.1, 0.15) is 6.10 Å². The molecule has 0 aliphatic carbocycles. The van der Waals surface area contributed by atoms with Crippen molar-refractivity contribution in [2.45, 2.75) is 109 Å². The summed E-state index contributed by atoms with van der Waals surface area (Å²) in [5, 5.41) is 0. The minimum absolute atomic E-state index is 0.0151. The average Bonchev–Trinajstić information content (AvgIpc) is 2.79. The van der Waals surface area contributed by atoms with Gasteiger partial charge in [-0.2, -0.15) is 0 Å². The number of hydrogen-bond donors (Lipinski definition) is 0. The highest BCUT2D eigenvalue weighted by Crippen LogP contribution is 2.18. The number of hydrogen-bond acceptors (Lipinski definition) is 7. The lowest BCUT2D eigenvalue weighted by atomic mass is 10.1. The molecule has 2 fully saturated rings. The average molecular weight is 458 g/mol. The molecule has 0 N–H and O–H groups in total. The van der Waals surface area contributed by atoms with Crippen LogP contribution in [0.3, 0.4) is 0 Å². The van der Waals surface area contributed by atoms with E-state index in [0.29, 0.717) is 19.6 Å². The van der Waals surface area contributed by atoms with Crippen LogP contribution in [0.1, 0.15) is 89.9 Å². The number of carbonyl (C=O) groups excluding carboxylic acids is 1. The number of rotatable bonds is 17. The maximum atomic E-state index is 12.3. The van der Waals surface area contributed by atoms with Gasteiger partial charge in [-0.3, -0.25) is 4.79 Å². The summed E-state index contributed by atoms with van der Waals surface area (Å²) in [4.78, 5) is 14.4. The lowest BCUT2D eigenvalue weighted by Crippen LogP contribution is -2.23. The van der Waals surface area contributed by atoms with Crippen LogP contribution in [0.4, 0.5) is 0 Å². The molecule has 0 bridgehead atoms. The van der Waals surface area contributed by atoms with E-state index in [9.17, 15) is 4.79 Å². The van der Waals surface area contributed by atoms with Crippen LogP contribution in [0.25, 0.3) is 0 Å². The molecule has 0 saturated carbocycles. The summed E-state index contributed by atoms with van der Waals surface area (Å²) in [6.07, 6.45) is 13.6. The molecule has 2 aliphatic heterocycles. The second kappa shape index (κ2) is 17.7. The van der Waals surface area contributed by atoms with E-state index in [2.05, 4.69) is 4.90 Å². The molecule has 0 radical (unpaired) electrons. The summed E-state index contributed by atoms with van der Waals surface area (Å²) < 4.78 is 28.7. The molecule has 7 heteroatoms. The predicted molar refractivity (Wildman–Crippen MR) is 124 cm³/mol. The van der Waals surface area contributed by atoms with Crippen molar-refractivity contribution in [1.29, 1.82) is 0 Å². The van der Waals surface area contributed by atoms with Crippen LogP contribution < -0.4 is 0 Å². The van der Waals surface area contributed by atoms with Gasteiger partial charge < -0.3 is 28.6 Å². The van der Waals surface area contributed by atoms with Gasteiger partial charge in [-0.25, -0.2) is 0 Å². The second-order valence-electron chi connectivity index (χ2n) is 9.34. The van der Waals surface area contributed by atoms with Crippen molar-refractivity contribution in [3.63, 3.8) is 0 Å². The van der Waals surface area contributed by atoms with Crippen molar-refractivity contribution in [3.8, 4) is 0 Å². The van der Waals surface area contributed by atoms with Gasteiger partial charge in [-0.05, 0) is 104 Å². The standard InChI is InChI=1S/C25H47NO6/c1-26(2)17-11-14-23(27)32-22(12-3-7-18-28-24-15-5-9-20-30-24)13-4-8-19-29-25-16-6-10-21-31-25/h22,24-25H,3-21H2,1-2H3. The first kappa shape index (κ1) is 27.5. The highest BCUT2D eigenvalue weighted by molar-refractivity contribution is 5.69. The van der Waals surface area contributed by atoms with Gasteiger partial charge in [-0.1, -0.05) is 0 Å². The Hall–Kier alpha value is -0.730. The fourth-order valence-corrected chi connectivity index (χ4v) is 4.11. The Kier molecular flexibility index (Phi) is 15.2. The van der Waals surface area contributed by atoms with Crippen molar-refractivity contribution in [2.75, 3.05) is 47.1 Å². The van der Waals surface area contributed by atoms with E-state index in [4.69, 9.17) is 23.7 Å². The van der Waals surface area contributed by atoms with E-state index in [1.165, 1.54) is 12.8 Å². The molecule has 0 aromatic carbocycles. The van der Waals surface area contributed by atoms with E-state index < -0.39 is 0 Å². The van der Waals surface area contributed by atoms with Gasteiger partial charge in [0.2, 0.25) is 0 Å². The molecule has 2 saturated heterocycles. The summed E-state index contributed by atoms with van der Waals surface area (Å²) in [5.74, 6) is -0.0736. The van der Waals surface area contributed by atoms with Crippen molar-refractivity contribution >= 4 is 5.97 Å². The van der Waals surface area contributed by atoms with Crippen LogP contribution in [0.15, 0.2) is 0 Å². The summed E-state index contributed by atoms with van der Waals surface area (Å²) in [5.41, 5.74) is 0. The van der Waals surface area contributed by atoms with E-state index >= 15 is 0 Å². The normalized spacial score (nSPS) is 22.7. The molecule has 0 spiro atoms. The first-order chi connectivity index (χ1) is 15.6. The third-order valence-electron chi connectivity index (χ3n) is 6.01. The van der Waals surface area contributed by atoms with Crippen LogP contribution in [0, 0.1) is 0 Å². The predicted octanol–water partition coefficient (Wildman–Crippen LogP) is 4.67. The Labute approximate surface area is 195 Å². The van der Waals surface area contributed by atoms with Crippen LogP contribution in [0.2, 0.25) is 0 Å². The van der Waals surface area contributed by atoms with Crippen LogP contribution in [0.5, 0.6) is 0 Å². The zero-order valence-corrected chi connectivity index (χ0v) is 20.6. The molecule has 2 rings (SSSR count). The van der Waals surface area contributed by atoms with E-state index in [1.807, 2.05) is 14.1 Å². The minimum Gasteiger partial charge on any atom is -0.462 e. The molecule has 0 aromatic rings. The first-order valence-corrected chi connectivity index (χ1v) is 12.9. The third-order valence-corrected chi connectivity index (χ3v) is 6.01. The molecule has 0 aromatic heterocycles. The first-order valence-electron chi connectivity index (χ1n) is 12.9. The summed E-state index contributed by atoms with van der Waals surface area (Å²) in [6, 6.07) is 0. The lowest BCUT2D eigenvalue weighted by molar-refractivity contribution is -0.163. The van der Waals surface area contributed by atoms with Gasteiger partial charge in [0, 0.05) is 32.8 Å². The summed E-state index contributed by atoms with van der Waals surface area (Å²) in [7, 11) is 4.05. The van der Waals surface area contributed by atoms with Crippen molar-refractivity contribution in [2.24, 2.45) is 0 Å². The van der Waals surface area contributed by atoms with Crippen molar-refractivity contribution < 1.29 is 28.5 Å². The van der Waals surface area contributed by atoms with Crippen molar-refractivity contribution in [1.82, 2.24) is 4.90 Å². The molecule has 0 amide bonds. The highest BCUT2D eigenvalue weighted by Gasteiger charge is 2.17. The summed E-state index contributed by atoms with van der Waals surface area (Å²) >= 11 is 0. The quantitative estimate of drug-likeness (QED) is 0.232. The van der Waals surface area contributed by atoms with Crippen LogP contribution in [-0.4, -0.2) is 76.6 Å². The molecule has 7 nitrogen and oxygen atoms in total. The molecule has 188 valence electrons. The Morgan fingerprint density at radius 1 is 0.844 bits per heavy atom. The van der Waals surface area contributed by atoms with E-state index in [0.717, 1.165) is 90.4 Å².